The van der Waals surface area contributed by atoms with E-state index in [9.17, 15) is 0 Å². The first-order valence-electron chi connectivity index (χ1n) is 8.26. The van der Waals surface area contributed by atoms with Gasteiger partial charge >= 0.3 is 0 Å². The molecule has 0 saturated carbocycles. The molecule has 0 radical (unpaired) electrons. The maximum absolute atomic E-state index is 6.14. The van der Waals surface area contributed by atoms with E-state index in [0.717, 1.165) is 33.2 Å². The molecule has 130 valence electrons. The number of hydrogen-bond acceptors (Lipinski definition) is 2. The fraction of sp³-hybridized carbons (Fsp3) is 0.0952. The number of aromatic nitrogens is 2. The van der Waals surface area contributed by atoms with Crippen LogP contribution in [0.2, 0.25) is 10.0 Å². The quantitative estimate of drug-likeness (QED) is 0.425. The molecule has 0 N–H and O–H groups in total. The Bertz CT molecular complexity index is 1040. The minimum atomic E-state index is 0.372. The van der Waals surface area contributed by atoms with Crippen molar-refractivity contribution in [1.29, 1.82) is 0 Å². The highest BCUT2D eigenvalue weighted by molar-refractivity contribution is 6.30. The zero-order valence-corrected chi connectivity index (χ0v) is 15.4. The van der Waals surface area contributed by atoms with Crippen molar-refractivity contribution in [2.75, 3.05) is 0 Å². The molecule has 5 heteroatoms. The van der Waals surface area contributed by atoms with Crippen LogP contribution in [-0.2, 0) is 13.2 Å². The summed E-state index contributed by atoms with van der Waals surface area (Å²) in [5, 5.41) is 1.41. The van der Waals surface area contributed by atoms with Crippen molar-refractivity contribution in [3.63, 3.8) is 0 Å². The van der Waals surface area contributed by atoms with Crippen LogP contribution in [0.4, 0.5) is 0 Å². The van der Waals surface area contributed by atoms with Crippen molar-refractivity contribution in [3.8, 4) is 5.75 Å². The highest BCUT2D eigenvalue weighted by Crippen LogP contribution is 2.22. The van der Waals surface area contributed by atoms with Crippen LogP contribution < -0.4 is 4.74 Å². The topological polar surface area (TPSA) is 27.1 Å². The summed E-state index contributed by atoms with van der Waals surface area (Å²) >= 11 is 12.1. The standard InChI is InChI=1S/C21H16Cl2N2O/c22-16-8-10-18(11-9-16)26-14-21-24-19-6-1-2-7-20(19)25(21)13-15-4-3-5-17(23)12-15/h1-12H,13-14H2. The predicted octanol–water partition coefficient (Wildman–Crippen LogP) is 5.97. The fourth-order valence-electron chi connectivity index (χ4n) is 2.91. The Morgan fingerprint density at radius 1 is 0.846 bits per heavy atom. The lowest BCUT2D eigenvalue weighted by atomic mass is 10.2. The lowest BCUT2D eigenvalue weighted by molar-refractivity contribution is 0.291. The number of halogens is 2. The summed E-state index contributed by atoms with van der Waals surface area (Å²) in [5.41, 5.74) is 3.14. The van der Waals surface area contributed by atoms with Gasteiger partial charge in [0.15, 0.2) is 0 Å². The Morgan fingerprint density at radius 2 is 1.65 bits per heavy atom. The molecule has 0 saturated heterocycles. The van der Waals surface area contributed by atoms with Gasteiger partial charge in [0.1, 0.15) is 18.2 Å². The lowest BCUT2D eigenvalue weighted by Gasteiger charge is -2.11. The third-order valence-corrected chi connectivity index (χ3v) is 4.63. The smallest absolute Gasteiger partial charge is 0.148 e. The van der Waals surface area contributed by atoms with Gasteiger partial charge in [-0.3, -0.25) is 0 Å². The van der Waals surface area contributed by atoms with Crippen molar-refractivity contribution >= 4 is 34.2 Å². The number of nitrogens with zero attached hydrogens (tertiary/aromatic N) is 2. The first-order valence-corrected chi connectivity index (χ1v) is 9.01. The molecule has 4 rings (SSSR count). The Morgan fingerprint density at radius 3 is 2.46 bits per heavy atom. The van der Waals surface area contributed by atoms with Crippen LogP contribution in [0.5, 0.6) is 5.75 Å². The number of para-hydroxylation sites is 2. The zero-order chi connectivity index (χ0) is 17.9. The summed E-state index contributed by atoms with van der Waals surface area (Å²) < 4.78 is 8.07. The van der Waals surface area contributed by atoms with Gasteiger partial charge in [0.05, 0.1) is 11.0 Å². The molecule has 0 bridgehead atoms. The van der Waals surface area contributed by atoms with Crippen molar-refractivity contribution < 1.29 is 4.74 Å². The average molecular weight is 383 g/mol. The number of fused-ring (bicyclic) bond motifs is 1. The first kappa shape index (κ1) is 17.0. The van der Waals surface area contributed by atoms with Crippen LogP contribution in [0.25, 0.3) is 11.0 Å². The van der Waals surface area contributed by atoms with Gasteiger partial charge in [0.2, 0.25) is 0 Å². The van der Waals surface area contributed by atoms with Crippen molar-refractivity contribution in [3.05, 3.63) is 94.2 Å². The molecule has 0 fully saturated rings. The average Bonchev–Trinajstić information content (AvgIpc) is 2.99. The van der Waals surface area contributed by atoms with E-state index in [1.807, 2.05) is 60.7 Å². The minimum absolute atomic E-state index is 0.372. The van der Waals surface area contributed by atoms with Crippen molar-refractivity contribution in [1.82, 2.24) is 9.55 Å². The van der Waals surface area contributed by atoms with Gasteiger partial charge in [0.25, 0.3) is 0 Å². The second-order valence-electron chi connectivity index (χ2n) is 5.98. The first-order chi connectivity index (χ1) is 12.7. The van der Waals surface area contributed by atoms with E-state index < -0.39 is 0 Å². The molecule has 4 aromatic rings. The van der Waals surface area contributed by atoms with E-state index in [0.29, 0.717) is 18.2 Å². The van der Waals surface area contributed by atoms with Gasteiger partial charge in [-0.2, -0.15) is 0 Å². The molecule has 3 aromatic carbocycles. The van der Waals surface area contributed by atoms with Gasteiger partial charge < -0.3 is 9.30 Å². The van der Waals surface area contributed by atoms with E-state index in [1.54, 1.807) is 0 Å². The highest BCUT2D eigenvalue weighted by Gasteiger charge is 2.12. The molecule has 0 aliphatic rings. The van der Waals surface area contributed by atoms with Crippen LogP contribution in [0.15, 0.2) is 72.8 Å². The Balaban J connectivity index is 1.65. The van der Waals surface area contributed by atoms with Crippen LogP contribution in [0.1, 0.15) is 11.4 Å². The minimum Gasteiger partial charge on any atom is -0.486 e. The molecule has 0 aliphatic heterocycles. The van der Waals surface area contributed by atoms with Gasteiger partial charge in [-0.1, -0.05) is 47.5 Å². The van der Waals surface area contributed by atoms with Gasteiger partial charge in [-0.15, -0.1) is 0 Å². The number of benzene rings is 3. The van der Waals surface area contributed by atoms with E-state index in [2.05, 4.69) is 16.7 Å². The molecule has 0 spiro atoms. The second-order valence-corrected chi connectivity index (χ2v) is 6.85. The fourth-order valence-corrected chi connectivity index (χ4v) is 3.25. The predicted molar refractivity (Wildman–Crippen MR) is 106 cm³/mol. The normalized spacial score (nSPS) is 11.0. The van der Waals surface area contributed by atoms with Gasteiger partial charge in [-0.05, 0) is 54.1 Å². The summed E-state index contributed by atoms with van der Waals surface area (Å²) in [6.45, 7) is 1.05. The third-order valence-electron chi connectivity index (χ3n) is 4.14. The molecule has 0 atom stereocenters. The molecular weight excluding hydrogens is 367 g/mol. The highest BCUT2D eigenvalue weighted by atomic mass is 35.5. The van der Waals surface area contributed by atoms with Gasteiger partial charge in [0, 0.05) is 16.6 Å². The number of rotatable bonds is 5. The number of hydrogen-bond donors (Lipinski definition) is 0. The summed E-state index contributed by atoms with van der Waals surface area (Å²) in [4.78, 5) is 4.74. The largest absolute Gasteiger partial charge is 0.486 e. The summed E-state index contributed by atoms with van der Waals surface area (Å²) in [5.74, 6) is 1.62. The maximum Gasteiger partial charge on any atom is 0.148 e. The van der Waals surface area contributed by atoms with Crippen LogP contribution >= 0.6 is 23.2 Å². The lowest BCUT2D eigenvalue weighted by Crippen LogP contribution is -2.08. The molecule has 0 amide bonds. The Kier molecular flexibility index (Phi) is 4.83. The summed E-state index contributed by atoms with van der Waals surface area (Å²) in [6, 6.07) is 23.3. The van der Waals surface area contributed by atoms with E-state index in [4.69, 9.17) is 32.9 Å². The Labute approximate surface area is 161 Å². The van der Waals surface area contributed by atoms with Crippen LogP contribution in [0, 0.1) is 0 Å². The monoisotopic (exact) mass is 382 g/mol. The van der Waals surface area contributed by atoms with E-state index in [1.165, 1.54) is 0 Å². The van der Waals surface area contributed by atoms with Gasteiger partial charge in [-0.25, -0.2) is 4.98 Å². The Hall–Kier alpha value is -2.49. The molecule has 0 aliphatic carbocycles. The molecule has 1 aromatic heterocycles. The molecule has 0 unspecified atom stereocenters. The van der Waals surface area contributed by atoms with Crippen molar-refractivity contribution in [2.45, 2.75) is 13.2 Å². The van der Waals surface area contributed by atoms with Crippen molar-refractivity contribution in [2.24, 2.45) is 0 Å². The zero-order valence-electron chi connectivity index (χ0n) is 13.9. The molecular formula is C21H16Cl2N2O. The van der Waals surface area contributed by atoms with Crippen LogP contribution in [-0.4, -0.2) is 9.55 Å². The van der Waals surface area contributed by atoms with E-state index in [-0.39, 0.29) is 0 Å². The maximum atomic E-state index is 6.14. The SMILES string of the molecule is Clc1ccc(OCc2nc3ccccc3n2Cc2cccc(Cl)c2)cc1. The third kappa shape index (κ3) is 3.69. The molecule has 3 nitrogen and oxygen atoms in total. The van der Waals surface area contributed by atoms with Crippen LogP contribution in [0.3, 0.4) is 0 Å². The second kappa shape index (κ2) is 7.40. The molecule has 26 heavy (non-hydrogen) atoms. The number of imidazole rings is 1. The molecule has 1 heterocycles. The summed E-state index contributed by atoms with van der Waals surface area (Å²) in [6.07, 6.45) is 0. The number of ether oxygens (including phenoxy) is 1. The summed E-state index contributed by atoms with van der Waals surface area (Å²) in [7, 11) is 0. The van der Waals surface area contributed by atoms with E-state index >= 15 is 0 Å².